The Kier molecular flexibility index (Phi) is 4.70. The number of rotatable bonds is 5. The number of pyridine rings is 2. The average Bonchev–Trinajstić information content (AvgIpc) is 3.21. The second-order valence-corrected chi connectivity index (χ2v) is 8.39. The van der Waals surface area contributed by atoms with Gasteiger partial charge in [-0.2, -0.15) is 0 Å². The molecule has 7 nitrogen and oxygen atoms in total. The minimum atomic E-state index is -0.344. The van der Waals surface area contributed by atoms with Crippen molar-refractivity contribution in [2.24, 2.45) is 0 Å². The molecule has 0 aliphatic carbocycles. The fraction of sp³-hybridized carbons (Fsp3) is 0.0714. The largest absolute Gasteiger partial charge is 0.484 e. The number of carbonyl (C=O) groups excluding carboxylic acids is 2. The van der Waals surface area contributed by atoms with Crippen LogP contribution in [0.5, 0.6) is 5.75 Å². The molecule has 3 heterocycles. The number of hydrogen-bond acceptors (Lipinski definition) is 5. The van der Waals surface area contributed by atoms with Crippen molar-refractivity contribution in [3.63, 3.8) is 0 Å². The number of aromatic nitrogens is 2. The minimum absolute atomic E-state index is 0.0753. The zero-order chi connectivity index (χ0) is 24.1. The second-order valence-electron chi connectivity index (χ2n) is 8.39. The Bertz CT molecular complexity index is 1860. The van der Waals surface area contributed by atoms with Crippen molar-refractivity contribution in [1.82, 2.24) is 9.38 Å². The normalized spacial score (nSPS) is 11.5. The maximum absolute atomic E-state index is 13.3. The Labute approximate surface area is 198 Å². The molecule has 0 unspecified atom stereocenters. The molecule has 6 aromatic rings. The highest BCUT2D eigenvalue weighted by Gasteiger charge is 2.18. The fourth-order valence-corrected chi connectivity index (χ4v) is 4.60. The van der Waals surface area contributed by atoms with Crippen LogP contribution < -0.4 is 15.6 Å². The molecule has 0 atom stereocenters. The molecule has 1 amide bonds. The summed E-state index contributed by atoms with van der Waals surface area (Å²) >= 11 is 0. The molecule has 0 radical (unpaired) electrons. The van der Waals surface area contributed by atoms with Crippen molar-refractivity contribution in [1.29, 1.82) is 0 Å². The zero-order valence-corrected chi connectivity index (χ0v) is 18.7. The Hall–Kier alpha value is -4.78. The lowest BCUT2D eigenvalue weighted by Crippen LogP contribution is -2.20. The van der Waals surface area contributed by atoms with Gasteiger partial charge in [-0.25, -0.2) is 0 Å². The molecule has 0 bridgehead atoms. The van der Waals surface area contributed by atoms with Crippen LogP contribution in [0.3, 0.4) is 0 Å². The SMILES string of the molecule is CC(=O)c1cccc(NC(=O)COc2ccc3c(c2)c2ccnc4c5ccccc5c(=O)n3c24)c1. The van der Waals surface area contributed by atoms with Gasteiger partial charge in [0, 0.05) is 39.0 Å². The lowest BCUT2D eigenvalue weighted by molar-refractivity contribution is -0.118. The van der Waals surface area contributed by atoms with E-state index in [1.54, 1.807) is 40.9 Å². The summed E-state index contributed by atoms with van der Waals surface area (Å²) in [5.74, 6) is 0.0868. The van der Waals surface area contributed by atoms with E-state index < -0.39 is 0 Å². The molecule has 0 aliphatic heterocycles. The summed E-state index contributed by atoms with van der Waals surface area (Å²) < 4.78 is 7.47. The summed E-state index contributed by atoms with van der Waals surface area (Å²) in [6.07, 6.45) is 1.74. The molecule has 35 heavy (non-hydrogen) atoms. The number of carbonyl (C=O) groups is 2. The first-order valence-electron chi connectivity index (χ1n) is 11.1. The number of fused-ring (bicyclic) bond motifs is 5. The van der Waals surface area contributed by atoms with E-state index in [-0.39, 0.29) is 23.9 Å². The number of nitrogens with zero attached hydrogens (tertiary/aromatic N) is 2. The van der Waals surface area contributed by atoms with E-state index in [0.717, 1.165) is 32.7 Å². The van der Waals surface area contributed by atoms with Crippen molar-refractivity contribution < 1.29 is 14.3 Å². The highest BCUT2D eigenvalue weighted by molar-refractivity contribution is 6.18. The number of Topliss-reactive ketones (excluding diaryl/α,β-unsaturated/α-hetero) is 1. The molecule has 7 heteroatoms. The van der Waals surface area contributed by atoms with Crippen molar-refractivity contribution in [3.8, 4) is 5.75 Å². The van der Waals surface area contributed by atoms with Gasteiger partial charge in [-0.15, -0.1) is 0 Å². The molecule has 170 valence electrons. The maximum atomic E-state index is 13.3. The summed E-state index contributed by atoms with van der Waals surface area (Å²) in [4.78, 5) is 41.9. The molecule has 1 N–H and O–H groups in total. The summed E-state index contributed by atoms with van der Waals surface area (Å²) in [7, 11) is 0. The van der Waals surface area contributed by atoms with Crippen LogP contribution in [0.1, 0.15) is 17.3 Å². The fourth-order valence-electron chi connectivity index (χ4n) is 4.60. The van der Waals surface area contributed by atoms with Gasteiger partial charge < -0.3 is 10.1 Å². The van der Waals surface area contributed by atoms with Crippen LogP contribution in [0.15, 0.2) is 83.8 Å². The first kappa shape index (κ1) is 20.8. The van der Waals surface area contributed by atoms with E-state index >= 15 is 0 Å². The topological polar surface area (TPSA) is 89.8 Å². The molecular weight excluding hydrogens is 442 g/mol. The van der Waals surface area contributed by atoms with Gasteiger partial charge in [-0.3, -0.25) is 23.8 Å². The summed E-state index contributed by atoms with van der Waals surface area (Å²) in [6, 6.07) is 21.5. The molecule has 0 spiro atoms. The monoisotopic (exact) mass is 461 g/mol. The minimum Gasteiger partial charge on any atom is -0.484 e. The molecule has 3 aromatic carbocycles. The average molecular weight is 461 g/mol. The van der Waals surface area contributed by atoms with E-state index in [1.807, 2.05) is 42.5 Å². The number of hydrogen-bond donors (Lipinski definition) is 1. The van der Waals surface area contributed by atoms with E-state index in [4.69, 9.17) is 4.74 Å². The Morgan fingerprint density at radius 3 is 2.57 bits per heavy atom. The van der Waals surface area contributed by atoms with Gasteiger partial charge in [0.2, 0.25) is 0 Å². The van der Waals surface area contributed by atoms with Crippen LogP contribution in [0.4, 0.5) is 5.69 Å². The third-order valence-corrected chi connectivity index (χ3v) is 6.19. The maximum Gasteiger partial charge on any atom is 0.263 e. The number of ketones is 1. The standard InChI is InChI=1S/C28H19N3O4/c1-16(32)17-5-4-6-18(13-17)30-25(33)15-35-19-9-10-24-23(14-19)21-11-12-29-26-20-7-2-3-8-22(20)28(34)31(24)27(21)26/h2-14H,15H2,1H3,(H,30,33). The van der Waals surface area contributed by atoms with Crippen LogP contribution in [0.2, 0.25) is 0 Å². The van der Waals surface area contributed by atoms with Gasteiger partial charge >= 0.3 is 0 Å². The van der Waals surface area contributed by atoms with Gasteiger partial charge in [0.1, 0.15) is 5.75 Å². The van der Waals surface area contributed by atoms with E-state index in [1.165, 1.54) is 6.92 Å². The van der Waals surface area contributed by atoms with Crippen LogP contribution >= 0.6 is 0 Å². The third kappa shape index (κ3) is 3.36. The third-order valence-electron chi connectivity index (χ3n) is 6.19. The van der Waals surface area contributed by atoms with E-state index in [2.05, 4.69) is 10.3 Å². The number of benzene rings is 3. The molecule has 6 rings (SSSR count). The second kappa shape index (κ2) is 7.92. The predicted octanol–water partition coefficient (Wildman–Crippen LogP) is 4.81. The summed E-state index contributed by atoms with van der Waals surface area (Å²) in [5, 5.41) is 5.92. The molecule has 0 fully saturated rings. The number of anilines is 1. The van der Waals surface area contributed by atoms with E-state index in [9.17, 15) is 14.4 Å². The number of amides is 1. The molecule has 3 aromatic heterocycles. The number of nitrogens with one attached hydrogen (secondary N) is 1. The highest BCUT2D eigenvalue weighted by Crippen LogP contribution is 2.34. The Morgan fingerprint density at radius 2 is 1.74 bits per heavy atom. The molecular formula is C28H19N3O4. The van der Waals surface area contributed by atoms with Crippen LogP contribution in [0, 0.1) is 0 Å². The zero-order valence-electron chi connectivity index (χ0n) is 18.7. The lowest BCUT2D eigenvalue weighted by Gasteiger charge is -2.08. The van der Waals surface area contributed by atoms with Crippen molar-refractivity contribution >= 4 is 55.5 Å². The van der Waals surface area contributed by atoms with Crippen LogP contribution in [0.25, 0.3) is 38.1 Å². The van der Waals surface area contributed by atoms with Gasteiger partial charge in [0.05, 0.1) is 16.6 Å². The molecule has 0 saturated carbocycles. The first-order chi connectivity index (χ1) is 17.0. The van der Waals surface area contributed by atoms with Crippen molar-refractivity contribution in [2.75, 3.05) is 11.9 Å². The number of ether oxygens (including phenoxy) is 1. The Balaban J connectivity index is 1.35. The van der Waals surface area contributed by atoms with Gasteiger partial charge in [-0.1, -0.05) is 30.3 Å². The van der Waals surface area contributed by atoms with Crippen molar-refractivity contribution in [2.45, 2.75) is 6.92 Å². The smallest absolute Gasteiger partial charge is 0.263 e. The lowest BCUT2D eigenvalue weighted by atomic mass is 10.1. The predicted molar refractivity (Wildman–Crippen MR) is 136 cm³/mol. The van der Waals surface area contributed by atoms with Gasteiger partial charge in [0.15, 0.2) is 12.4 Å². The van der Waals surface area contributed by atoms with Gasteiger partial charge in [0.25, 0.3) is 11.5 Å². The van der Waals surface area contributed by atoms with Gasteiger partial charge in [-0.05, 0) is 49.4 Å². The molecule has 0 aliphatic rings. The van der Waals surface area contributed by atoms with E-state index in [0.29, 0.717) is 22.4 Å². The Morgan fingerprint density at radius 1 is 0.914 bits per heavy atom. The van der Waals surface area contributed by atoms with Crippen LogP contribution in [-0.2, 0) is 4.79 Å². The molecule has 0 saturated heterocycles. The first-order valence-corrected chi connectivity index (χ1v) is 11.1. The van der Waals surface area contributed by atoms with Crippen LogP contribution in [-0.4, -0.2) is 27.7 Å². The quantitative estimate of drug-likeness (QED) is 0.294. The highest BCUT2D eigenvalue weighted by atomic mass is 16.5. The summed E-state index contributed by atoms with van der Waals surface area (Å²) in [5.41, 5.74) is 3.25. The summed E-state index contributed by atoms with van der Waals surface area (Å²) in [6.45, 7) is 1.27. The van der Waals surface area contributed by atoms with Crippen molar-refractivity contribution in [3.05, 3.63) is 94.9 Å².